The van der Waals surface area contributed by atoms with Gasteiger partial charge < -0.3 is 9.84 Å². The van der Waals surface area contributed by atoms with Gasteiger partial charge in [0.05, 0.1) is 6.10 Å². The second kappa shape index (κ2) is 5.29. The van der Waals surface area contributed by atoms with Crippen LogP contribution in [0.25, 0.3) is 0 Å². The molecular weight excluding hydrogens is 207 g/mol. The molecule has 0 saturated heterocycles. The fourth-order valence-corrected chi connectivity index (χ4v) is 1.32. The summed E-state index contributed by atoms with van der Waals surface area (Å²) in [6.07, 6.45) is -0.470. The number of halogens is 2. The van der Waals surface area contributed by atoms with Crippen molar-refractivity contribution in [2.24, 2.45) is 0 Å². The minimum absolute atomic E-state index is 0.256. The molecule has 1 aromatic carbocycles. The molecule has 0 bridgehead atoms. The van der Waals surface area contributed by atoms with Gasteiger partial charge in [-0.2, -0.15) is 0 Å². The van der Waals surface area contributed by atoms with Crippen molar-refractivity contribution in [3.8, 4) is 0 Å². The van der Waals surface area contributed by atoms with Crippen molar-refractivity contribution in [1.82, 2.24) is 0 Å². The molecule has 0 amide bonds. The van der Waals surface area contributed by atoms with Crippen LogP contribution in [-0.4, -0.2) is 18.8 Å². The van der Waals surface area contributed by atoms with E-state index < -0.39 is 11.9 Å². The third-order valence-electron chi connectivity index (χ3n) is 1.92. The first kappa shape index (κ1) is 11.4. The van der Waals surface area contributed by atoms with Gasteiger partial charge in [-0.05, 0) is 12.1 Å². The number of rotatable bonds is 4. The lowest BCUT2D eigenvalue weighted by molar-refractivity contribution is 0.108. The van der Waals surface area contributed by atoms with E-state index >= 15 is 0 Å². The monoisotopic (exact) mass is 218 g/mol. The zero-order chi connectivity index (χ0) is 10.6. The second-order valence-corrected chi connectivity index (χ2v) is 3.40. The van der Waals surface area contributed by atoms with E-state index in [9.17, 15) is 9.50 Å². The van der Waals surface area contributed by atoms with Crippen molar-refractivity contribution in [2.75, 3.05) is 13.7 Å². The van der Waals surface area contributed by atoms with Crippen molar-refractivity contribution in [2.45, 2.75) is 12.5 Å². The molecule has 0 fully saturated rings. The molecule has 1 rings (SSSR count). The number of ether oxygens (including phenoxy) is 1. The maximum Gasteiger partial charge on any atom is 0.130 e. The molecule has 14 heavy (non-hydrogen) atoms. The molecule has 78 valence electrons. The van der Waals surface area contributed by atoms with Gasteiger partial charge in [-0.1, -0.05) is 17.7 Å². The van der Waals surface area contributed by atoms with Crippen LogP contribution in [0.4, 0.5) is 4.39 Å². The summed E-state index contributed by atoms with van der Waals surface area (Å²) in [6, 6.07) is 4.22. The minimum atomic E-state index is -0.841. The van der Waals surface area contributed by atoms with Crippen LogP contribution in [0.5, 0.6) is 0 Å². The molecule has 1 atom stereocenters. The summed E-state index contributed by atoms with van der Waals surface area (Å²) in [7, 11) is 1.53. The highest BCUT2D eigenvalue weighted by atomic mass is 35.5. The first-order valence-corrected chi connectivity index (χ1v) is 4.65. The van der Waals surface area contributed by atoms with Crippen LogP contribution >= 0.6 is 11.6 Å². The van der Waals surface area contributed by atoms with Crippen molar-refractivity contribution in [1.29, 1.82) is 0 Å². The van der Waals surface area contributed by atoms with Crippen LogP contribution in [0.1, 0.15) is 18.1 Å². The van der Waals surface area contributed by atoms with E-state index in [1.807, 2.05) is 0 Å². The Morgan fingerprint density at radius 3 is 2.86 bits per heavy atom. The van der Waals surface area contributed by atoms with E-state index in [-0.39, 0.29) is 5.56 Å². The lowest BCUT2D eigenvalue weighted by atomic mass is 10.1. The second-order valence-electron chi connectivity index (χ2n) is 2.96. The number of aliphatic hydroxyl groups is 1. The maximum atomic E-state index is 13.2. The summed E-state index contributed by atoms with van der Waals surface area (Å²) in [6.45, 7) is 0.392. The van der Waals surface area contributed by atoms with Crippen molar-refractivity contribution >= 4 is 11.6 Å². The Labute approximate surface area is 87.3 Å². The molecule has 1 unspecified atom stereocenters. The summed E-state index contributed by atoms with van der Waals surface area (Å²) in [5.74, 6) is -0.485. The van der Waals surface area contributed by atoms with Crippen LogP contribution in [0, 0.1) is 5.82 Å². The van der Waals surface area contributed by atoms with E-state index in [1.165, 1.54) is 19.2 Å². The van der Waals surface area contributed by atoms with Gasteiger partial charge in [-0.15, -0.1) is 0 Å². The predicted octanol–water partition coefficient (Wildman–Crippen LogP) is 2.55. The number of hydrogen-bond donors (Lipinski definition) is 1. The standard InChI is InChI=1S/C10H12ClFO2/c1-14-5-4-10(13)8-3-2-7(11)6-9(8)12/h2-3,6,10,13H,4-5H2,1H3. The number of methoxy groups -OCH3 is 1. The lowest BCUT2D eigenvalue weighted by Gasteiger charge is -2.11. The maximum absolute atomic E-state index is 13.2. The van der Waals surface area contributed by atoms with Crippen LogP contribution in [-0.2, 0) is 4.74 Å². The topological polar surface area (TPSA) is 29.5 Å². The highest BCUT2D eigenvalue weighted by molar-refractivity contribution is 6.30. The van der Waals surface area contributed by atoms with Crippen molar-refractivity contribution < 1.29 is 14.2 Å². The molecule has 1 N–H and O–H groups in total. The minimum Gasteiger partial charge on any atom is -0.388 e. The molecule has 0 spiro atoms. The molecule has 1 aromatic rings. The van der Waals surface area contributed by atoms with E-state index in [0.717, 1.165) is 0 Å². The number of benzene rings is 1. The van der Waals surface area contributed by atoms with E-state index in [0.29, 0.717) is 18.1 Å². The number of aliphatic hydroxyl groups excluding tert-OH is 1. The lowest BCUT2D eigenvalue weighted by Crippen LogP contribution is -2.04. The van der Waals surface area contributed by atoms with Gasteiger partial charge in [0, 0.05) is 30.7 Å². The average Bonchev–Trinajstić information content (AvgIpc) is 2.14. The Kier molecular flexibility index (Phi) is 4.32. The van der Waals surface area contributed by atoms with Crippen molar-refractivity contribution in [3.63, 3.8) is 0 Å². The Hall–Kier alpha value is -0.640. The molecule has 4 heteroatoms. The Morgan fingerprint density at radius 1 is 1.57 bits per heavy atom. The van der Waals surface area contributed by atoms with Gasteiger partial charge in [0.2, 0.25) is 0 Å². The Bertz CT molecular complexity index is 304. The first-order chi connectivity index (χ1) is 6.65. The van der Waals surface area contributed by atoms with E-state index in [4.69, 9.17) is 16.3 Å². The fraction of sp³-hybridized carbons (Fsp3) is 0.400. The van der Waals surface area contributed by atoms with Gasteiger partial charge in [-0.25, -0.2) is 4.39 Å². The first-order valence-electron chi connectivity index (χ1n) is 4.27. The van der Waals surface area contributed by atoms with Crippen LogP contribution in [0.3, 0.4) is 0 Å². The molecule has 0 heterocycles. The van der Waals surface area contributed by atoms with Gasteiger partial charge in [0.1, 0.15) is 5.82 Å². The SMILES string of the molecule is COCCC(O)c1ccc(Cl)cc1F. The summed E-state index contributed by atoms with van der Waals surface area (Å²) in [5.41, 5.74) is 0.256. The largest absolute Gasteiger partial charge is 0.388 e. The molecule has 2 nitrogen and oxygen atoms in total. The van der Waals surface area contributed by atoms with Crippen molar-refractivity contribution in [3.05, 3.63) is 34.6 Å². The zero-order valence-electron chi connectivity index (χ0n) is 7.84. The smallest absolute Gasteiger partial charge is 0.130 e. The Balaban J connectivity index is 2.74. The normalized spacial score (nSPS) is 12.9. The number of hydrogen-bond acceptors (Lipinski definition) is 2. The highest BCUT2D eigenvalue weighted by Crippen LogP contribution is 2.22. The molecule has 0 saturated carbocycles. The van der Waals surface area contributed by atoms with Gasteiger partial charge in [0.15, 0.2) is 0 Å². The van der Waals surface area contributed by atoms with Gasteiger partial charge in [0.25, 0.3) is 0 Å². The fourth-order valence-electron chi connectivity index (χ4n) is 1.16. The van der Waals surface area contributed by atoms with Gasteiger partial charge in [-0.3, -0.25) is 0 Å². The van der Waals surface area contributed by atoms with Crippen LogP contribution in [0.15, 0.2) is 18.2 Å². The summed E-state index contributed by atoms with van der Waals surface area (Å²) in [5, 5.41) is 9.88. The van der Waals surface area contributed by atoms with Gasteiger partial charge >= 0.3 is 0 Å². The molecular formula is C10H12ClFO2. The van der Waals surface area contributed by atoms with Crippen LogP contribution in [0.2, 0.25) is 5.02 Å². The van der Waals surface area contributed by atoms with E-state index in [2.05, 4.69) is 0 Å². The molecule has 0 radical (unpaired) electrons. The quantitative estimate of drug-likeness (QED) is 0.842. The average molecular weight is 219 g/mol. The summed E-state index contributed by atoms with van der Waals surface area (Å²) in [4.78, 5) is 0. The predicted molar refractivity (Wildman–Crippen MR) is 52.9 cm³/mol. The summed E-state index contributed by atoms with van der Waals surface area (Å²) < 4.78 is 18.0. The highest BCUT2D eigenvalue weighted by Gasteiger charge is 2.12. The third kappa shape index (κ3) is 2.94. The molecule has 0 aliphatic carbocycles. The Morgan fingerprint density at radius 2 is 2.29 bits per heavy atom. The summed E-state index contributed by atoms with van der Waals surface area (Å²) >= 11 is 5.58. The van der Waals surface area contributed by atoms with E-state index in [1.54, 1.807) is 6.07 Å². The van der Waals surface area contributed by atoms with Crippen LogP contribution < -0.4 is 0 Å². The molecule has 0 aliphatic rings. The third-order valence-corrected chi connectivity index (χ3v) is 2.15. The zero-order valence-corrected chi connectivity index (χ0v) is 8.59. The molecule has 0 aromatic heterocycles. The molecule has 0 aliphatic heterocycles.